The Bertz CT molecular complexity index is 340. The summed E-state index contributed by atoms with van der Waals surface area (Å²) in [5.41, 5.74) is 0. The van der Waals surface area contributed by atoms with Crippen LogP contribution in [0.15, 0.2) is 0 Å². The van der Waals surface area contributed by atoms with Crippen molar-refractivity contribution >= 4 is 23.9 Å². The molecule has 8 nitrogen and oxygen atoms in total. The van der Waals surface area contributed by atoms with Gasteiger partial charge in [0.2, 0.25) is 0 Å². The molecule has 8 heteroatoms. The van der Waals surface area contributed by atoms with Gasteiger partial charge >= 0.3 is 23.9 Å². The third kappa shape index (κ3) is 8.06. The second kappa shape index (κ2) is 8.89. The van der Waals surface area contributed by atoms with E-state index in [0.29, 0.717) is 0 Å². The van der Waals surface area contributed by atoms with Crippen molar-refractivity contribution in [3.8, 4) is 0 Å². The number of carboxylic acid groups (broad SMARTS) is 4. The summed E-state index contributed by atoms with van der Waals surface area (Å²) in [6, 6.07) is 0. The van der Waals surface area contributed by atoms with E-state index in [4.69, 9.17) is 20.4 Å². The van der Waals surface area contributed by atoms with Crippen LogP contribution in [0.5, 0.6) is 0 Å². The Kier molecular flexibility index (Phi) is 7.95. The van der Waals surface area contributed by atoms with Crippen LogP contribution in [0, 0.1) is 11.8 Å². The molecule has 0 amide bonds. The van der Waals surface area contributed by atoms with E-state index in [9.17, 15) is 19.2 Å². The first-order chi connectivity index (χ1) is 9.23. The van der Waals surface area contributed by atoms with E-state index in [2.05, 4.69) is 0 Å². The first kappa shape index (κ1) is 17.9. The maximum atomic E-state index is 10.9. The van der Waals surface area contributed by atoms with Crippen molar-refractivity contribution in [2.75, 3.05) is 0 Å². The smallest absolute Gasteiger partial charge is 0.306 e. The molecule has 0 aromatic rings. The van der Waals surface area contributed by atoms with Gasteiger partial charge in [0.15, 0.2) is 0 Å². The molecule has 2 unspecified atom stereocenters. The summed E-state index contributed by atoms with van der Waals surface area (Å²) in [5.74, 6) is -6.44. The second-order valence-electron chi connectivity index (χ2n) is 4.51. The fourth-order valence-electron chi connectivity index (χ4n) is 1.78. The summed E-state index contributed by atoms with van der Waals surface area (Å²) in [6.07, 6.45) is -0.724. The van der Waals surface area contributed by atoms with Crippen molar-refractivity contribution in [1.29, 1.82) is 0 Å². The van der Waals surface area contributed by atoms with E-state index in [-0.39, 0.29) is 38.5 Å². The van der Waals surface area contributed by atoms with Crippen LogP contribution in [-0.2, 0) is 19.2 Å². The van der Waals surface area contributed by atoms with Crippen molar-refractivity contribution in [3.63, 3.8) is 0 Å². The monoisotopic (exact) mass is 290 g/mol. The zero-order valence-corrected chi connectivity index (χ0v) is 10.8. The van der Waals surface area contributed by atoms with Crippen LogP contribution in [0.25, 0.3) is 0 Å². The lowest BCUT2D eigenvalue weighted by Gasteiger charge is -2.15. The third-order valence-electron chi connectivity index (χ3n) is 2.98. The molecular formula is C12H18O8. The standard InChI is InChI=1S/C12H18O8/c13-9(14)5-3-7(11(17)18)1-2-8(12(19)20)4-6-10(15)16/h7-8H,1-6H2,(H,13,14)(H,15,16)(H,17,18)(H,19,20). The molecule has 0 aliphatic carbocycles. The maximum Gasteiger partial charge on any atom is 0.306 e. The lowest BCUT2D eigenvalue weighted by Crippen LogP contribution is -2.20. The highest BCUT2D eigenvalue weighted by atomic mass is 16.4. The van der Waals surface area contributed by atoms with Gasteiger partial charge in [0.1, 0.15) is 0 Å². The van der Waals surface area contributed by atoms with Gasteiger partial charge in [-0.15, -0.1) is 0 Å². The molecule has 0 rings (SSSR count). The van der Waals surface area contributed by atoms with Crippen LogP contribution in [0.2, 0.25) is 0 Å². The topological polar surface area (TPSA) is 149 Å². The van der Waals surface area contributed by atoms with Crippen LogP contribution in [0.3, 0.4) is 0 Å². The normalized spacial score (nSPS) is 13.4. The second-order valence-corrected chi connectivity index (χ2v) is 4.51. The number of carbonyl (C=O) groups is 4. The molecule has 0 saturated heterocycles. The Balaban J connectivity index is 4.39. The van der Waals surface area contributed by atoms with Gasteiger partial charge in [0, 0.05) is 12.8 Å². The van der Waals surface area contributed by atoms with Gasteiger partial charge in [-0.1, -0.05) is 0 Å². The number of aliphatic carboxylic acids is 4. The van der Waals surface area contributed by atoms with Gasteiger partial charge in [-0.2, -0.15) is 0 Å². The van der Waals surface area contributed by atoms with Crippen LogP contribution >= 0.6 is 0 Å². The van der Waals surface area contributed by atoms with Crippen LogP contribution < -0.4 is 0 Å². The van der Waals surface area contributed by atoms with E-state index in [0.717, 1.165) is 0 Å². The van der Waals surface area contributed by atoms with Gasteiger partial charge in [-0.25, -0.2) is 0 Å². The lowest BCUT2D eigenvalue weighted by molar-refractivity contribution is -0.147. The summed E-state index contributed by atoms with van der Waals surface area (Å²) >= 11 is 0. The van der Waals surface area contributed by atoms with Gasteiger partial charge in [0.05, 0.1) is 11.8 Å². The summed E-state index contributed by atoms with van der Waals surface area (Å²) in [7, 11) is 0. The molecule has 2 atom stereocenters. The van der Waals surface area contributed by atoms with Gasteiger partial charge < -0.3 is 20.4 Å². The predicted molar refractivity (Wildman–Crippen MR) is 65.2 cm³/mol. The molecule has 0 radical (unpaired) electrons. The van der Waals surface area contributed by atoms with Crippen LogP contribution in [0.4, 0.5) is 0 Å². The number of hydrogen-bond donors (Lipinski definition) is 4. The highest BCUT2D eigenvalue weighted by Gasteiger charge is 2.24. The minimum atomic E-state index is -1.17. The maximum absolute atomic E-state index is 10.9. The first-order valence-corrected chi connectivity index (χ1v) is 6.13. The quantitative estimate of drug-likeness (QED) is 0.438. The van der Waals surface area contributed by atoms with Crippen molar-refractivity contribution < 1.29 is 39.6 Å². The molecule has 20 heavy (non-hydrogen) atoms. The molecule has 0 aliphatic rings. The van der Waals surface area contributed by atoms with E-state index < -0.39 is 35.7 Å². The summed E-state index contributed by atoms with van der Waals surface area (Å²) in [4.78, 5) is 42.6. The lowest BCUT2D eigenvalue weighted by atomic mass is 9.90. The van der Waals surface area contributed by atoms with Gasteiger partial charge in [-0.05, 0) is 25.7 Å². The molecular weight excluding hydrogens is 272 g/mol. The summed E-state index contributed by atoms with van der Waals surface area (Å²) in [5, 5.41) is 34.8. The van der Waals surface area contributed by atoms with E-state index >= 15 is 0 Å². The summed E-state index contributed by atoms with van der Waals surface area (Å²) in [6.45, 7) is 0. The average molecular weight is 290 g/mol. The highest BCUT2D eigenvalue weighted by molar-refractivity contribution is 5.73. The van der Waals surface area contributed by atoms with Crippen LogP contribution in [0.1, 0.15) is 38.5 Å². The van der Waals surface area contributed by atoms with Crippen LogP contribution in [-0.4, -0.2) is 44.3 Å². The fourth-order valence-corrected chi connectivity index (χ4v) is 1.78. The Morgan fingerprint density at radius 3 is 1.10 bits per heavy atom. The molecule has 0 aromatic heterocycles. The SMILES string of the molecule is O=C(O)CCC(CCC(CCC(=O)O)C(=O)O)C(=O)O. The third-order valence-corrected chi connectivity index (χ3v) is 2.98. The fraction of sp³-hybridized carbons (Fsp3) is 0.667. The Labute approximate surface area is 115 Å². The number of carboxylic acids is 4. The first-order valence-electron chi connectivity index (χ1n) is 6.13. The molecule has 0 aliphatic heterocycles. The van der Waals surface area contributed by atoms with E-state index in [1.165, 1.54) is 0 Å². The molecule has 114 valence electrons. The van der Waals surface area contributed by atoms with E-state index in [1.54, 1.807) is 0 Å². The average Bonchev–Trinajstić information content (AvgIpc) is 2.30. The van der Waals surface area contributed by atoms with Crippen molar-refractivity contribution in [2.24, 2.45) is 11.8 Å². The number of hydrogen-bond acceptors (Lipinski definition) is 4. The Morgan fingerprint density at radius 2 is 0.900 bits per heavy atom. The molecule has 0 bridgehead atoms. The summed E-state index contributed by atoms with van der Waals surface area (Å²) < 4.78 is 0. The van der Waals surface area contributed by atoms with Crippen molar-refractivity contribution in [2.45, 2.75) is 38.5 Å². The molecule has 0 heterocycles. The largest absolute Gasteiger partial charge is 0.481 e. The van der Waals surface area contributed by atoms with Crippen molar-refractivity contribution in [1.82, 2.24) is 0 Å². The molecule has 0 aromatic carbocycles. The van der Waals surface area contributed by atoms with Crippen molar-refractivity contribution in [3.05, 3.63) is 0 Å². The van der Waals surface area contributed by atoms with Gasteiger partial charge in [-0.3, -0.25) is 19.2 Å². The van der Waals surface area contributed by atoms with Gasteiger partial charge in [0.25, 0.3) is 0 Å². The molecule has 0 saturated carbocycles. The highest BCUT2D eigenvalue weighted by Crippen LogP contribution is 2.21. The Hall–Kier alpha value is -2.12. The predicted octanol–water partition coefficient (Wildman–Crippen LogP) is 0.898. The molecule has 0 spiro atoms. The number of rotatable bonds is 11. The zero-order valence-electron chi connectivity index (χ0n) is 10.8. The molecule has 4 N–H and O–H groups in total. The molecule has 0 fully saturated rings. The van der Waals surface area contributed by atoms with E-state index in [1.807, 2.05) is 0 Å². The zero-order chi connectivity index (χ0) is 15.7. The Morgan fingerprint density at radius 1 is 0.600 bits per heavy atom. The minimum Gasteiger partial charge on any atom is -0.481 e. The minimum absolute atomic E-state index is 0.0131.